The second-order valence-corrected chi connectivity index (χ2v) is 9.42. The molecule has 5 aromatic rings. The normalized spacial score (nSPS) is 11.2. The van der Waals surface area contributed by atoms with Crippen molar-refractivity contribution in [3.63, 3.8) is 0 Å². The van der Waals surface area contributed by atoms with Gasteiger partial charge in [-0.1, -0.05) is 71.6 Å². The third-order valence-electron chi connectivity index (χ3n) is 4.78. The third kappa shape index (κ3) is 4.01. The fourth-order valence-corrected chi connectivity index (χ4v) is 5.52. The van der Waals surface area contributed by atoms with E-state index in [0.717, 1.165) is 11.4 Å². The van der Waals surface area contributed by atoms with Gasteiger partial charge in [-0.3, -0.25) is 13.9 Å². The number of thioether (sulfide) groups is 1. The van der Waals surface area contributed by atoms with Crippen molar-refractivity contribution >= 4 is 45.7 Å². The summed E-state index contributed by atoms with van der Waals surface area (Å²) in [6, 6.07) is 23.5. The maximum atomic E-state index is 13.6. The molecule has 0 aliphatic heterocycles. The smallest absolute Gasteiger partial charge is 0.278 e. The molecule has 0 radical (unpaired) electrons. The SMILES string of the molecule is O=c1c2sc(=S)n(Cc3ccco3)c2nc(SCc2ccccc2)n1-c1ccccc1. The molecule has 0 unspecified atom stereocenters. The Kier molecular flexibility index (Phi) is 5.59. The lowest BCUT2D eigenvalue weighted by Crippen LogP contribution is -2.21. The lowest BCUT2D eigenvalue weighted by atomic mass is 10.2. The van der Waals surface area contributed by atoms with Crippen molar-refractivity contribution in [2.45, 2.75) is 17.5 Å². The monoisotopic (exact) mass is 463 g/mol. The van der Waals surface area contributed by atoms with Crippen LogP contribution in [0.5, 0.6) is 0 Å². The van der Waals surface area contributed by atoms with Gasteiger partial charge in [0.05, 0.1) is 18.5 Å². The van der Waals surface area contributed by atoms with Crippen molar-refractivity contribution in [3.05, 3.63) is 105 Å². The fraction of sp³-hybridized carbons (Fsp3) is 0.0870. The van der Waals surface area contributed by atoms with Gasteiger partial charge in [0, 0.05) is 5.75 Å². The summed E-state index contributed by atoms with van der Waals surface area (Å²) >= 11 is 8.40. The van der Waals surface area contributed by atoms with Crippen LogP contribution < -0.4 is 5.56 Å². The highest BCUT2D eigenvalue weighted by molar-refractivity contribution is 7.98. The van der Waals surface area contributed by atoms with E-state index in [1.807, 2.05) is 65.2 Å². The van der Waals surface area contributed by atoms with Gasteiger partial charge in [-0.15, -0.1) is 0 Å². The molecule has 0 amide bonds. The summed E-state index contributed by atoms with van der Waals surface area (Å²) in [6.45, 7) is 0.441. The lowest BCUT2D eigenvalue weighted by molar-refractivity contribution is 0.495. The Morgan fingerprint density at radius 1 is 1.00 bits per heavy atom. The van der Waals surface area contributed by atoms with Crippen molar-refractivity contribution in [2.24, 2.45) is 0 Å². The maximum Gasteiger partial charge on any atom is 0.278 e. The highest BCUT2D eigenvalue weighted by Gasteiger charge is 2.18. The topological polar surface area (TPSA) is 53.0 Å². The minimum atomic E-state index is -0.110. The molecule has 0 bridgehead atoms. The molecular formula is C23H17N3O2S3. The minimum Gasteiger partial charge on any atom is -0.467 e. The minimum absolute atomic E-state index is 0.110. The quantitative estimate of drug-likeness (QED) is 0.178. The molecule has 5 nitrogen and oxygen atoms in total. The predicted octanol–water partition coefficient (Wildman–Crippen LogP) is 5.91. The molecule has 0 atom stereocenters. The number of thiazole rings is 1. The summed E-state index contributed by atoms with van der Waals surface area (Å²) < 4.78 is 10.2. The number of aromatic nitrogens is 3. The molecule has 154 valence electrons. The summed E-state index contributed by atoms with van der Waals surface area (Å²) in [7, 11) is 0. The van der Waals surface area contributed by atoms with Crippen LogP contribution in [0.2, 0.25) is 0 Å². The number of furan rings is 1. The largest absolute Gasteiger partial charge is 0.467 e. The van der Waals surface area contributed by atoms with Gasteiger partial charge in [0.1, 0.15) is 10.5 Å². The Labute approximate surface area is 191 Å². The van der Waals surface area contributed by atoms with Gasteiger partial charge in [-0.2, -0.15) is 0 Å². The summed E-state index contributed by atoms with van der Waals surface area (Å²) in [5.41, 5.74) is 2.44. The molecule has 3 aromatic heterocycles. The van der Waals surface area contributed by atoms with Crippen molar-refractivity contribution in [2.75, 3.05) is 0 Å². The number of benzene rings is 2. The molecule has 0 saturated carbocycles. The van der Waals surface area contributed by atoms with Crippen LogP contribution in [0.15, 0.2) is 93.4 Å². The van der Waals surface area contributed by atoms with Crippen LogP contribution in [0.3, 0.4) is 0 Å². The van der Waals surface area contributed by atoms with Crippen molar-refractivity contribution in [1.29, 1.82) is 0 Å². The molecule has 2 aromatic carbocycles. The van der Waals surface area contributed by atoms with E-state index >= 15 is 0 Å². The zero-order valence-electron chi connectivity index (χ0n) is 16.3. The van der Waals surface area contributed by atoms with Gasteiger partial charge in [0.15, 0.2) is 14.8 Å². The molecule has 31 heavy (non-hydrogen) atoms. The zero-order valence-corrected chi connectivity index (χ0v) is 18.8. The summed E-state index contributed by atoms with van der Waals surface area (Å²) in [4.78, 5) is 18.5. The Balaban J connectivity index is 1.67. The number of hydrogen-bond acceptors (Lipinski definition) is 6. The molecule has 0 spiro atoms. The number of nitrogens with zero attached hydrogens (tertiary/aromatic N) is 3. The molecule has 0 aliphatic carbocycles. The standard InChI is InChI=1S/C23H17N3O2S3/c27-21-19-20(25(23(29)31-19)14-18-12-7-13-28-18)24-22(26(21)17-10-5-2-6-11-17)30-15-16-8-3-1-4-9-16/h1-13H,14-15H2. The Hall–Kier alpha value is -2.94. The van der Waals surface area contributed by atoms with Crippen molar-refractivity contribution in [3.8, 4) is 5.69 Å². The van der Waals surface area contributed by atoms with Crippen LogP contribution in [-0.4, -0.2) is 14.1 Å². The van der Waals surface area contributed by atoms with Gasteiger partial charge in [-0.05, 0) is 42.0 Å². The van der Waals surface area contributed by atoms with E-state index in [9.17, 15) is 4.79 Å². The highest BCUT2D eigenvalue weighted by Crippen LogP contribution is 2.27. The molecule has 8 heteroatoms. The van der Waals surface area contributed by atoms with E-state index in [4.69, 9.17) is 21.6 Å². The number of para-hydroxylation sites is 1. The maximum absolute atomic E-state index is 13.6. The van der Waals surface area contributed by atoms with Crippen LogP contribution in [0, 0.1) is 3.95 Å². The second-order valence-electron chi connectivity index (χ2n) is 6.83. The molecular weight excluding hydrogens is 446 g/mol. The lowest BCUT2D eigenvalue weighted by Gasteiger charge is -2.12. The molecule has 0 saturated heterocycles. The Morgan fingerprint density at radius 3 is 2.45 bits per heavy atom. The second kappa shape index (κ2) is 8.66. The third-order valence-corrected chi connectivity index (χ3v) is 7.21. The van der Waals surface area contributed by atoms with E-state index in [0.29, 0.717) is 31.8 Å². The van der Waals surface area contributed by atoms with E-state index in [2.05, 4.69) is 12.1 Å². The molecule has 5 rings (SSSR count). The first kappa shape index (κ1) is 20.0. The number of hydrogen-bond donors (Lipinski definition) is 0. The van der Waals surface area contributed by atoms with Crippen LogP contribution in [0.4, 0.5) is 0 Å². The van der Waals surface area contributed by atoms with Crippen LogP contribution in [0.1, 0.15) is 11.3 Å². The van der Waals surface area contributed by atoms with E-state index in [1.165, 1.54) is 28.7 Å². The Bertz CT molecular complexity index is 1440. The van der Waals surface area contributed by atoms with Crippen molar-refractivity contribution in [1.82, 2.24) is 14.1 Å². The molecule has 3 heterocycles. The Morgan fingerprint density at radius 2 is 1.74 bits per heavy atom. The van der Waals surface area contributed by atoms with Crippen LogP contribution >= 0.6 is 35.3 Å². The van der Waals surface area contributed by atoms with Crippen molar-refractivity contribution < 1.29 is 4.42 Å². The fourth-order valence-electron chi connectivity index (χ4n) is 3.30. The first-order valence-corrected chi connectivity index (χ1v) is 11.8. The summed E-state index contributed by atoms with van der Waals surface area (Å²) in [5, 5.41) is 0.633. The average molecular weight is 464 g/mol. The van der Waals surface area contributed by atoms with Gasteiger partial charge in [-0.25, -0.2) is 4.98 Å². The van der Waals surface area contributed by atoms with Gasteiger partial charge in [0.2, 0.25) is 0 Å². The summed E-state index contributed by atoms with van der Waals surface area (Å²) in [5.74, 6) is 1.47. The average Bonchev–Trinajstić information content (AvgIpc) is 3.43. The van der Waals surface area contributed by atoms with Crippen LogP contribution in [-0.2, 0) is 12.3 Å². The summed E-state index contributed by atoms with van der Waals surface area (Å²) in [6.07, 6.45) is 1.63. The molecule has 0 N–H and O–H groups in total. The van der Waals surface area contributed by atoms with Gasteiger partial charge in [0.25, 0.3) is 5.56 Å². The van der Waals surface area contributed by atoms with E-state index in [1.54, 1.807) is 10.8 Å². The number of fused-ring (bicyclic) bond motifs is 1. The first-order valence-electron chi connectivity index (χ1n) is 9.61. The molecule has 0 fully saturated rings. The first-order chi connectivity index (χ1) is 15.2. The van der Waals surface area contributed by atoms with E-state index in [-0.39, 0.29) is 5.56 Å². The predicted molar refractivity (Wildman–Crippen MR) is 128 cm³/mol. The molecule has 0 aliphatic rings. The van der Waals surface area contributed by atoms with Gasteiger partial charge >= 0.3 is 0 Å². The highest BCUT2D eigenvalue weighted by atomic mass is 32.2. The number of rotatable bonds is 6. The van der Waals surface area contributed by atoms with Gasteiger partial charge < -0.3 is 4.42 Å². The van der Waals surface area contributed by atoms with Crippen LogP contribution in [0.25, 0.3) is 16.0 Å². The zero-order chi connectivity index (χ0) is 21.2. The van der Waals surface area contributed by atoms with E-state index < -0.39 is 0 Å².